The van der Waals surface area contributed by atoms with Gasteiger partial charge in [0.15, 0.2) is 0 Å². The number of aliphatic hydroxyl groups excluding tert-OH is 1. The number of rotatable bonds is 8. The Hall–Kier alpha value is -1.59. The third-order valence-corrected chi connectivity index (χ3v) is 2.28. The number of urea groups is 1. The molecule has 0 spiro atoms. The summed E-state index contributed by atoms with van der Waals surface area (Å²) < 4.78 is 5.07. The number of carbonyl (C=O) groups is 1. The van der Waals surface area contributed by atoms with Crippen molar-refractivity contribution < 1.29 is 14.6 Å². The second-order valence-electron chi connectivity index (χ2n) is 3.78. The molecule has 1 aromatic rings. The molecule has 18 heavy (non-hydrogen) atoms. The Morgan fingerprint density at radius 3 is 2.67 bits per heavy atom. The summed E-state index contributed by atoms with van der Waals surface area (Å²) in [4.78, 5) is 11.4. The monoisotopic (exact) mass is 252 g/mol. The molecule has 0 aliphatic carbocycles. The second-order valence-corrected chi connectivity index (χ2v) is 3.78. The maximum Gasteiger partial charge on any atom is 0.315 e. The number of aliphatic hydroxyl groups is 1. The lowest BCUT2D eigenvalue weighted by molar-refractivity contribution is 0.0910. The van der Waals surface area contributed by atoms with E-state index in [1.165, 1.54) is 0 Å². The number of hydrogen-bond donors (Lipinski definition) is 3. The third-order valence-electron chi connectivity index (χ3n) is 2.28. The maximum atomic E-state index is 11.4. The van der Waals surface area contributed by atoms with E-state index in [0.29, 0.717) is 26.3 Å². The number of nitrogens with one attached hydrogen (secondary N) is 2. The minimum absolute atomic E-state index is 0.0327. The zero-order valence-electron chi connectivity index (χ0n) is 10.4. The van der Waals surface area contributed by atoms with Gasteiger partial charge in [-0.3, -0.25) is 0 Å². The highest BCUT2D eigenvalue weighted by Gasteiger charge is 1.99. The summed E-state index contributed by atoms with van der Waals surface area (Å²) in [6.45, 7) is 2.00. The molecule has 0 saturated carbocycles. The van der Waals surface area contributed by atoms with Crippen LogP contribution in [0.25, 0.3) is 0 Å². The van der Waals surface area contributed by atoms with Crippen LogP contribution < -0.4 is 10.6 Å². The summed E-state index contributed by atoms with van der Waals surface area (Å²) >= 11 is 0. The van der Waals surface area contributed by atoms with E-state index in [9.17, 15) is 4.79 Å². The number of ether oxygens (including phenoxy) is 1. The largest absolute Gasteiger partial charge is 0.394 e. The van der Waals surface area contributed by atoms with Gasteiger partial charge in [-0.2, -0.15) is 0 Å². The topological polar surface area (TPSA) is 70.6 Å². The lowest BCUT2D eigenvalue weighted by Gasteiger charge is -2.07. The number of carbonyl (C=O) groups excluding carboxylic acids is 1. The fourth-order valence-electron chi connectivity index (χ4n) is 1.38. The van der Waals surface area contributed by atoms with E-state index in [4.69, 9.17) is 9.84 Å². The summed E-state index contributed by atoms with van der Waals surface area (Å²) in [7, 11) is 0. The van der Waals surface area contributed by atoms with Gasteiger partial charge in [-0.1, -0.05) is 30.3 Å². The van der Waals surface area contributed by atoms with Crippen molar-refractivity contribution in [2.24, 2.45) is 0 Å². The molecule has 0 heterocycles. The fraction of sp³-hybridized carbons (Fsp3) is 0.462. The normalized spacial score (nSPS) is 10.1. The number of amides is 2. The molecule has 1 rings (SSSR count). The molecule has 0 radical (unpaired) electrons. The van der Waals surface area contributed by atoms with Crippen LogP contribution in [0.4, 0.5) is 4.79 Å². The molecule has 100 valence electrons. The van der Waals surface area contributed by atoms with Crippen LogP contribution in [0.5, 0.6) is 0 Å². The number of benzene rings is 1. The predicted octanol–water partition coefficient (Wildman–Crippen LogP) is 0.885. The van der Waals surface area contributed by atoms with Crippen LogP contribution in [0.15, 0.2) is 30.3 Å². The van der Waals surface area contributed by atoms with E-state index in [2.05, 4.69) is 10.6 Å². The average Bonchev–Trinajstić information content (AvgIpc) is 2.41. The van der Waals surface area contributed by atoms with Crippen LogP contribution in [0, 0.1) is 0 Å². The van der Waals surface area contributed by atoms with Gasteiger partial charge in [0, 0.05) is 19.7 Å². The lowest BCUT2D eigenvalue weighted by Crippen LogP contribution is -2.35. The minimum Gasteiger partial charge on any atom is -0.394 e. The molecule has 5 nitrogen and oxygen atoms in total. The van der Waals surface area contributed by atoms with Crippen molar-refractivity contribution >= 4 is 6.03 Å². The van der Waals surface area contributed by atoms with Gasteiger partial charge in [0.25, 0.3) is 0 Å². The van der Waals surface area contributed by atoms with E-state index in [0.717, 1.165) is 12.0 Å². The highest BCUT2D eigenvalue weighted by Crippen LogP contribution is 1.96. The Morgan fingerprint density at radius 2 is 1.94 bits per heavy atom. The molecule has 1 aromatic carbocycles. The maximum absolute atomic E-state index is 11.4. The average molecular weight is 252 g/mol. The fourth-order valence-corrected chi connectivity index (χ4v) is 1.38. The van der Waals surface area contributed by atoms with Gasteiger partial charge >= 0.3 is 6.03 Å². The molecule has 0 aliphatic rings. The summed E-state index contributed by atoms with van der Waals surface area (Å²) in [6, 6.07) is 9.56. The van der Waals surface area contributed by atoms with E-state index in [1.807, 2.05) is 30.3 Å². The first kappa shape index (κ1) is 14.5. The van der Waals surface area contributed by atoms with Gasteiger partial charge in [-0.25, -0.2) is 4.79 Å². The van der Waals surface area contributed by atoms with Gasteiger partial charge in [0.2, 0.25) is 0 Å². The minimum atomic E-state index is -0.180. The molecule has 0 bridgehead atoms. The van der Waals surface area contributed by atoms with E-state index in [-0.39, 0.29) is 12.6 Å². The van der Waals surface area contributed by atoms with Crippen LogP contribution in [-0.2, 0) is 11.3 Å². The lowest BCUT2D eigenvalue weighted by atomic mass is 10.2. The molecule has 0 fully saturated rings. The highest BCUT2D eigenvalue weighted by atomic mass is 16.5. The molecule has 0 aromatic heterocycles. The third kappa shape index (κ3) is 6.88. The van der Waals surface area contributed by atoms with Gasteiger partial charge in [-0.05, 0) is 12.0 Å². The van der Waals surface area contributed by atoms with Crippen molar-refractivity contribution in [2.45, 2.75) is 13.0 Å². The molecule has 0 aliphatic heterocycles. The van der Waals surface area contributed by atoms with Crippen LogP contribution in [0.3, 0.4) is 0 Å². The molecular formula is C13H20N2O3. The first-order valence-electron chi connectivity index (χ1n) is 6.07. The zero-order valence-corrected chi connectivity index (χ0v) is 10.4. The quantitative estimate of drug-likeness (QED) is 0.602. The molecule has 3 N–H and O–H groups in total. The molecule has 5 heteroatoms. The summed E-state index contributed by atoms with van der Waals surface area (Å²) in [6.07, 6.45) is 0.735. The first-order chi connectivity index (χ1) is 8.83. The Bertz CT molecular complexity index is 330. The summed E-state index contributed by atoms with van der Waals surface area (Å²) in [5.41, 5.74) is 1.07. The van der Waals surface area contributed by atoms with Crippen molar-refractivity contribution in [3.63, 3.8) is 0 Å². The van der Waals surface area contributed by atoms with Crippen LogP contribution in [-0.4, -0.2) is 37.5 Å². The van der Waals surface area contributed by atoms with Crippen molar-refractivity contribution in [3.8, 4) is 0 Å². The van der Waals surface area contributed by atoms with Gasteiger partial charge in [0.05, 0.1) is 13.2 Å². The van der Waals surface area contributed by atoms with Gasteiger partial charge in [0.1, 0.15) is 0 Å². The van der Waals surface area contributed by atoms with E-state index in [1.54, 1.807) is 0 Å². The molecule has 0 atom stereocenters. The summed E-state index contributed by atoms with van der Waals surface area (Å²) in [5, 5.41) is 14.0. The van der Waals surface area contributed by atoms with Crippen LogP contribution in [0.2, 0.25) is 0 Å². The standard InChI is InChI=1S/C13H20N2O3/c16-8-10-18-9-4-7-14-13(17)15-11-12-5-2-1-3-6-12/h1-3,5-6,16H,4,7-11H2,(H2,14,15,17). The van der Waals surface area contributed by atoms with Crippen LogP contribution in [0.1, 0.15) is 12.0 Å². The molecule has 0 unspecified atom stereocenters. The Morgan fingerprint density at radius 1 is 1.17 bits per heavy atom. The second kappa shape index (κ2) is 9.44. The van der Waals surface area contributed by atoms with Gasteiger partial charge < -0.3 is 20.5 Å². The Kier molecular flexibility index (Phi) is 7.59. The van der Waals surface area contributed by atoms with E-state index < -0.39 is 0 Å². The zero-order chi connectivity index (χ0) is 13.1. The summed E-state index contributed by atoms with van der Waals surface area (Å²) in [5.74, 6) is 0. The smallest absolute Gasteiger partial charge is 0.315 e. The van der Waals surface area contributed by atoms with Crippen LogP contribution >= 0.6 is 0 Å². The molecule has 2 amide bonds. The predicted molar refractivity (Wildman–Crippen MR) is 69.2 cm³/mol. The Labute approximate surface area is 107 Å². The molecular weight excluding hydrogens is 232 g/mol. The SMILES string of the molecule is O=C(NCCCOCCO)NCc1ccccc1. The van der Waals surface area contributed by atoms with Crippen molar-refractivity contribution in [1.29, 1.82) is 0 Å². The Balaban J connectivity index is 2.01. The van der Waals surface area contributed by atoms with E-state index >= 15 is 0 Å². The molecule has 0 saturated heterocycles. The van der Waals surface area contributed by atoms with Crippen molar-refractivity contribution in [1.82, 2.24) is 10.6 Å². The van der Waals surface area contributed by atoms with Crippen molar-refractivity contribution in [2.75, 3.05) is 26.4 Å². The van der Waals surface area contributed by atoms with Crippen molar-refractivity contribution in [3.05, 3.63) is 35.9 Å². The number of hydrogen-bond acceptors (Lipinski definition) is 3. The first-order valence-corrected chi connectivity index (χ1v) is 6.07. The highest BCUT2D eigenvalue weighted by molar-refractivity contribution is 5.73. The van der Waals surface area contributed by atoms with Gasteiger partial charge in [-0.15, -0.1) is 0 Å².